The molecule has 6 rings (SSSR count). The van der Waals surface area contributed by atoms with Crippen LogP contribution in [0.15, 0.2) is 90.2 Å². The summed E-state index contributed by atoms with van der Waals surface area (Å²) in [5, 5.41) is 0. The van der Waals surface area contributed by atoms with Crippen LogP contribution >= 0.6 is 0 Å². The van der Waals surface area contributed by atoms with Crippen LogP contribution in [-0.4, -0.2) is 70.3 Å². The third kappa shape index (κ3) is 7.33. The van der Waals surface area contributed by atoms with Crippen molar-refractivity contribution in [2.75, 3.05) is 49.0 Å². The number of carbonyl (C=O) groups is 1. The summed E-state index contributed by atoms with van der Waals surface area (Å²) in [5.74, 6) is 0.570. The molecule has 0 spiro atoms. The Bertz CT molecular complexity index is 1580. The summed E-state index contributed by atoms with van der Waals surface area (Å²) in [6.07, 6.45) is 6.66. The van der Waals surface area contributed by atoms with Crippen LogP contribution in [0.5, 0.6) is 0 Å². The Labute approximate surface area is 253 Å². The van der Waals surface area contributed by atoms with E-state index in [9.17, 15) is 13.4 Å². The minimum Gasteiger partial charge on any atom is -0.379 e. The molecule has 0 radical (unpaired) electrons. The monoisotopic (exact) mass is 599 g/mol. The number of carbonyl (C=O) groups excluding carboxylic acids is 1. The first-order valence-electron chi connectivity index (χ1n) is 14.5. The van der Waals surface area contributed by atoms with E-state index < -0.39 is 16.8 Å². The van der Waals surface area contributed by atoms with Crippen LogP contribution < -0.4 is 9.62 Å². The van der Waals surface area contributed by atoms with Crippen LogP contribution in [0.2, 0.25) is 0 Å². The lowest BCUT2D eigenvalue weighted by Crippen LogP contribution is -2.61. The fourth-order valence-electron chi connectivity index (χ4n) is 5.46. The number of anilines is 2. The first kappa shape index (κ1) is 29.1. The lowest BCUT2D eigenvalue weighted by atomic mass is 10.0. The molecule has 2 aromatic carbocycles. The maximum Gasteiger partial charge on any atom is 0.150 e. The first-order valence-corrected chi connectivity index (χ1v) is 15.7. The van der Waals surface area contributed by atoms with Gasteiger partial charge in [0.05, 0.1) is 18.1 Å². The third-order valence-corrected chi connectivity index (χ3v) is 9.10. The van der Waals surface area contributed by atoms with E-state index >= 15 is 0 Å². The standard InChI is InChI=1S/C33H34FN5O3S/c34-27-6-10-32(31(20-27)26-11-13-36-33(19-26)39-22-29(23-39)38-14-16-42-17-15-38)43(41)37-28-7-3-24(4-8-28)18-30(40)9-5-25-2-1-12-35-21-25/h1-4,6-8,10-13,19-21,29,37H,5,9,14-18,22-23H2. The maximum absolute atomic E-state index is 14.4. The average molecular weight is 600 g/mol. The Hall–Kier alpha value is -3.99. The third-order valence-electron chi connectivity index (χ3n) is 7.93. The van der Waals surface area contributed by atoms with Crippen molar-refractivity contribution < 1.29 is 18.1 Å². The van der Waals surface area contributed by atoms with Gasteiger partial charge in [-0.05, 0) is 71.6 Å². The molecule has 0 amide bonds. The van der Waals surface area contributed by atoms with E-state index in [0.29, 0.717) is 41.5 Å². The summed E-state index contributed by atoms with van der Waals surface area (Å²) in [7, 11) is -1.65. The van der Waals surface area contributed by atoms with Crippen molar-refractivity contribution in [1.82, 2.24) is 14.9 Å². The minimum atomic E-state index is -1.65. The lowest BCUT2D eigenvalue weighted by molar-refractivity contribution is -0.118. The zero-order valence-electron chi connectivity index (χ0n) is 23.8. The highest BCUT2D eigenvalue weighted by molar-refractivity contribution is 7.86. The van der Waals surface area contributed by atoms with Gasteiger partial charge in [-0.25, -0.2) is 13.6 Å². The van der Waals surface area contributed by atoms with Crippen molar-refractivity contribution in [2.24, 2.45) is 0 Å². The summed E-state index contributed by atoms with van der Waals surface area (Å²) in [6, 6.07) is 19.7. The number of hydrogen-bond acceptors (Lipinski definition) is 7. The summed E-state index contributed by atoms with van der Waals surface area (Å²) in [6.45, 7) is 5.21. The molecule has 10 heteroatoms. The second kappa shape index (κ2) is 13.5. The SMILES string of the molecule is O=C(CCc1cccnc1)Cc1ccc(NS(=O)c2ccc(F)cc2-c2ccnc(N3CC(N4CCOCC4)C3)c2)cc1. The Morgan fingerprint density at radius 1 is 1.00 bits per heavy atom. The number of benzene rings is 2. The predicted molar refractivity (Wildman–Crippen MR) is 166 cm³/mol. The molecule has 8 nitrogen and oxygen atoms in total. The second-order valence-corrected chi connectivity index (χ2v) is 12.1. The topological polar surface area (TPSA) is 87.7 Å². The maximum atomic E-state index is 14.4. The van der Waals surface area contributed by atoms with E-state index in [2.05, 4.69) is 24.5 Å². The van der Waals surface area contributed by atoms with Gasteiger partial charge < -0.3 is 14.4 Å². The van der Waals surface area contributed by atoms with E-state index in [-0.39, 0.29) is 5.78 Å². The molecule has 1 N–H and O–H groups in total. The highest BCUT2D eigenvalue weighted by atomic mass is 32.2. The van der Waals surface area contributed by atoms with Gasteiger partial charge in [-0.3, -0.25) is 14.7 Å². The Morgan fingerprint density at radius 3 is 2.58 bits per heavy atom. The largest absolute Gasteiger partial charge is 0.379 e. The minimum absolute atomic E-state index is 0.149. The number of aromatic nitrogens is 2. The van der Waals surface area contributed by atoms with Crippen LogP contribution in [0.4, 0.5) is 15.9 Å². The van der Waals surface area contributed by atoms with Crippen molar-refractivity contribution in [1.29, 1.82) is 0 Å². The molecular formula is C33H34FN5O3S. The lowest BCUT2D eigenvalue weighted by Gasteiger charge is -2.47. The summed E-state index contributed by atoms with van der Waals surface area (Å²) in [4.78, 5) is 26.3. The van der Waals surface area contributed by atoms with E-state index in [0.717, 1.165) is 61.9 Å². The average Bonchev–Trinajstić information content (AvgIpc) is 3.01. The number of nitrogens with one attached hydrogen (secondary N) is 1. The molecule has 1 atom stereocenters. The van der Waals surface area contributed by atoms with Gasteiger partial charge in [0, 0.05) is 74.9 Å². The normalized spacial score (nSPS) is 16.4. The van der Waals surface area contributed by atoms with Gasteiger partial charge in [-0.1, -0.05) is 18.2 Å². The van der Waals surface area contributed by atoms with Crippen LogP contribution in [-0.2, 0) is 33.4 Å². The van der Waals surface area contributed by atoms with Gasteiger partial charge in [0.2, 0.25) is 0 Å². The predicted octanol–water partition coefficient (Wildman–Crippen LogP) is 4.68. The number of morpholine rings is 1. The number of Topliss-reactive ketones (excluding diaryl/α,β-unsaturated/α-hetero) is 1. The molecule has 4 heterocycles. The number of ketones is 1. The van der Waals surface area contributed by atoms with Crippen molar-refractivity contribution in [3.05, 3.63) is 102 Å². The molecule has 2 aliphatic heterocycles. The number of halogens is 1. The summed E-state index contributed by atoms with van der Waals surface area (Å²) >= 11 is 0. The quantitative estimate of drug-likeness (QED) is 0.268. The van der Waals surface area contributed by atoms with Crippen LogP contribution in [0, 0.1) is 5.82 Å². The van der Waals surface area contributed by atoms with Gasteiger partial charge in [-0.2, -0.15) is 0 Å². The van der Waals surface area contributed by atoms with Crippen LogP contribution in [0.1, 0.15) is 17.5 Å². The smallest absolute Gasteiger partial charge is 0.150 e. The van der Waals surface area contributed by atoms with Gasteiger partial charge in [-0.15, -0.1) is 0 Å². The van der Waals surface area contributed by atoms with Crippen LogP contribution in [0.25, 0.3) is 11.1 Å². The molecule has 43 heavy (non-hydrogen) atoms. The fraction of sp³-hybridized carbons (Fsp3) is 0.303. The molecule has 1 unspecified atom stereocenters. The second-order valence-electron chi connectivity index (χ2n) is 10.9. The molecule has 0 bridgehead atoms. The number of pyridine rings is 2. The molecule has 4 aromatic rings. The molecule has 2 aliphatic rings. The highest BCUT2D eigenvalue weighted by Gasteiger charge is 2.33. The number of ether oxygens (including phenoxy) is 1. The van der Waals surface area contributed by atoms with E-state index in [1.54, 1.807) is 24.7 Å². The van der Waals surface area contributed by atoms with E-state index in [4.69, 9.17) is 4.74 Å². The highest BCUT2D eigenvalue weighted by Crippen LogP contribution is 2.31. The molecule has 2 fully saturated rings. The van der Waals surface area contributed by atoms with Crippen molar-refractivity contribution in [3.63, 3.8) is 0 Å². The molecule has 222 valence electrons. The molecule has 0 aliphatic carbocycles. The first-order chi connectivity index (χ1) is 21.0. The van der Waals surface area contributed by atoms with Crippen molar-refractivity contribution in [2.45, 2.75) is 30.2 Å². The van der Waals surface area contributed by atoms with Gasteiger partial charge in [0.25, 0.3) is 0 Å². The summed E-state index contributed by atoms with van der Waals surface area (Å²) in [5.41, 5.74) is 3.88. The van der Waals surface area contributed by atoms with E-state index in [1.165, 1.54) is 12.1 Å². The Kier molecular flexibility index (Phi) is 9.16. The molecular weight excluding hydrogens is 565 g/mol. The molecule has 2 aromatic heterocycles. The van der Waals surface area contributed by atoms with Gasteiger partial charge in [0.1, 0.15) is 17.4 Å². The number of rotatable bonds is 11. The summed E-state index contributed by atoms with van der Waals surface area (Å²) < 4.78 is 36.4. The fourth-order valence-corrected chi connectivity index (χ4v) is 6.49. The number of hydrogen-bond donors (Lipinski definition) is 1. The zero-order valence-corrected chi connectivity index (χ0v) is 24.6. The van der Waals surface area contributed by atoms with E-state index in [1.807, 2.05) is 48.5 Å². The van der Waals surface area contributed by atoms with Crippen LogP contribution in [0.3, 0.4) is 0 Å². The number of nitrogens with zero attached hydrogens (tertiary/aromatic N) is 4. The van der Waals surface area contributed by atoms with Crippen molar-refractivity contribution >= 4 is 28.3 Å². The Balaban J connectivity index is 1.09. The van der Waals surface area contributed by atoms with Crippen molar-refractivity contribution in [3.8, 4) is 11.1 Å². The Morgan fingerprint density at radius 2 is 1.81 bits per heavy atom. The number of aryl methyl sites for hydroxylation is 1. The zero-order chi connectivity index (χ0) is 29.6. The van der Waals surface area contributed by atoms with Gasteiger partial charge >= 0.3 is 0 Å². The van der Waals surface area contributed by atoms with Gasteiger partial charge in [0.15, 0.2) is 11.0 Å². The molecule has 2 saturated heterocycles. The molecule has 0 saturated carbocycles.